The summed E-state index contributed by atoms with van der Waals surface area (Å²) in [6.45, 7) is 11.8. The van der Waals surface area contributed by atoms with Crippen LogP contribution in [-0.4, -0.2) is 47.2 Å². The number of likely N-dealkylation sites (tertiary alicyclic amines) is 1. The van der Waals surface area contributed by atoms with Crippen LogP contribution in [0.2, 0.25) is 0 Å². The zero-order chi connectivity index (χ0) is 21.3. The Hall–Kier alpha value is -2.63. The molecule has 0 aromatic heterocycles. The van der Waals surface area contributed by atoms with Gasteiger partial charge in [-0.1, -0.05) is 39.8 Å². The van der Waals surface area contributed by atoms with Crippen LogP contribution in [0.4, 0.5) is 5.69 Å². The summed E-state index contributed by atoms with van der Waals surface area (Å²) in [4.78, 5) is 41.4. The zero-order valence-corrected chi connectivity index (χ0v) is 18.0. The molecule has 1 saturated heterocycles. The number of nitrogens with one attached hydrogen (secondary N) is 1. The van der Waals surface area contributed by atoms with E-state index in [1.165, 1.54) is 11.8 Å². The van der Waals surface area contributed by atoms with E-state index in [-0.39, 0.29) is 23.6 Å². The summed E-state index contributed by atoms with van der Waals surface area (Å²) in [7, 11) is 0. The van der Waals surface area contributed by atoms with Crippen LogP contribution in [0.5, 0.6) is 0 Å². The predicted molar refractivity (Wildman–Crippen MR) is 114 cm³/mol. The highest BCUT2D eigenvalue weighted by molar-refractivity contribution is 6.35. The molecule has 1 fully saturated rings. The van der Waals surface area contributed by atoms with Crippen LogP contribution in [0.3, 0.4) is 0 Å². The molecule has 0 spiro atoms. The summed E-state index contributed by atoms with van der Waals surface area (Å²) < 4.78 is 0. The number of benzene rings is 1. The van der Waals surface area contributed by atoms with Crippen molar-refractivity contribution in [1.29, 1.82) is 0 Å². The maximum atomic E-state index is 13.3. The fourth-order valence-corrected chi connectivity index (χ4v) is 4.42. The lowest BCUT2D eigenvalue weighted by Crippen LogP contribution is -2.42. The van der Waals surface area contributed by atoms with Gasteiger partial charge < -0.3 is 10.2 Å². The average Bonchev–Trinajstić information content (AvgIpc) is 2.85. The molecule has 1 N–H and O–H groups in total. The normalized spacial score (nSPS) is 22.7. The second-order valence-corrected chi connectivity index (χ2v) is 8.95. The van der Waals surface area contributed by atoms with Gasteiger partial charge in [0.15, 0.2) is 0 Å². The average molecular weight is 398 g/mol. The summed E-state index contributed by atoms with van der Waals surface area (Å²) in [5.41, 5.74) is 2.39. The van der Waals surface area contributed by atoms with Crippen molar-refractivity contribution in [1.82, 2.24) is 9.80 Å². The number of amides is 3. The van der Waals surface area contributed by atoms with E-state index in [1.807, 2.05) is 26.0 Å². The van der Waals surface area contributed by atoms with Crippen molar-refractivity contribution in [2.24, 2.45) is 17.8 Å². The number of nitrogens with zero attached hydrogens (tertiary/aromatic N) is 2. The molecule has 1 aromatic carbocycles. The van der Waals surface area contributed by atoms with E-state index in [0.717, 1.165) is 19.5 Å². The van der Waals surface area contributed by atoms with Gasteiger partial charge in [0.05, 0.1) is 5.57 Å². The minimum Gasteiger partial charge on any atom is -0.366 e. The monoisotopic (exact) mass is 397 g/mol. The first-order valence-corrected chi connectivity index (χ1v) is 10.4. The van der Waals surface area contributed by atoms with Gasteiger partial charge >= 0.3 is 0 Å². The minimum atomic E-state index is -0.225. The van der Waals surface area contributed by atoms with Crippen molar-refractivity contribution in [3.05, 3.63) is 35.5 Å². The Morgan fingerprint density at radius 2 is 1.66 bits per heavy atom. The Labute approximate surface area is 172 Å². The maximum absolute atomic E-state index is 13.3. The van der Waals surface area contributed by atoms with E-state index >= 15 is 0 Å². The molecule has 0 aliphatic carbocycles. The van der Waals surface area contributed by atoms with Crippen LogP contribution in [0, 0.1) is 17.8 Å². The SMILES string of the molecule is CC(=O)Nc1ccc(C2=C(N3CC(C)CC(C)C3)C(=O)N(CC(C)C)C2=O)cc1. The Kier molecular flexibility index (Phi) is 6.10. The molecule has 1 aromatic rings. The fourth-order valence-electron chi connectivity index (χ4n) is 4.42. The largest absolute Gasteiger partial charge is 0.366 e. The first-order chi connectivity index (χ1) is 13.7. The molecule has 3 amide bonds. The van der Waals surface area contributed by atoms with E-state index in [1.54, 1.807) is 12.1 Å². The quantitative estimate of drug-likeness (QED) is 0.774. The van der Waals surface area contributed by atoms with E-state index in [9.17, 15) is 14.4 Å². The molecule has 2 atom stereocenters. The van der Waals surface area contributed by atoms with Crippen LogP contribution in [0.1, 0.15) is 46.6 Å². The molecule has 2 heterocycles. The van der Waals surface area contributed by atoms with E-state index < -0.39 is 0 Å². The lowest BCUT2D eigenvalue weighted by atomic mass is 9.91. The summed E-state index contributed by atoms with van der Waals surface area (Å²) >= 11 is 0. The number of carbonyl (C=O) groups is 3. The summed E-state index contributed by atoms with van der Waals surface area (Å²) in [5, 5.41) is 2.74. The van der Waals surface area contributed by atoms with Crippen molar-refractivity contribution >= 4 is 29.0 Å². The number of hydrogen-bond donors (Lipinski definition) is 1. The van der Waals surface area contributed by atoms with E-state index in [4.69, 9.17) is 0 Å². The van der Waals surface area contributed by atoms with Gasteiger partial charge in [-0.15, -0.1) is 0 Å². The lowest BCUT2D eigenvalue weighted by molar-refractivity contribution is -0.138. The molecule has 156 valence electrons. The maximum Gasteiger partial charge on any atom is 0.277 e. The van der Waals surface area contributed by atoms with Crippen LogP contribution in [0.15, 0.2) is 30.0 Å². The van der Waals surface area contributed by atoms with Gasteiger partial charge in [-0.05, 0) is 41.9 Å². The summed E-state index contributed by atoms with van der Waals surface area (Å²) in [5.74, 6) is 0.574. The summed E-state index contributed by atoms with van der Waals surface area (Å²) in [6.07, 6.45) is 1.13. The third kappa shape index (κ3) is 4.52. The van der Waals surface area contributed by atoms with Crippen LogP contribution in [0.25, 0.3) is 5.57 Å². The second-order valence-electron chi connectivity index (χ2n) is 8.95. The first kappa shape index (κ1) is 21.1. The molecule has 29 heavy (non-hydrogen) atoms. The number of anilines is 1. The molecule has 0 bridgehead atoms. The van der Waals surface area contributed by atoms with Gasteiger partial charge in [-0.2, -0.15) is 0 Å². The minimum absolute atomic E-state index is 0.149. The standard InChI is InChI=1S/C23H31N3O3/c1-14(2)11-26-22(28)20(18-6-8-19(9-7-18)24-17(5)27)21(23(26)29)25-12-15(3)10-16(4)13-25/h6-9,14-16H,10-13H2,1-5H3,(H,24,27). The molecule has 2 aliphatic rings. The topological polar surface area (TPSA) is 69.7 Å². The molecular weight excluding hydrogens is 366 g/mol. The Balaban J connectivity index is 2.03. The smallest absolute Gasteiger partial charge is 0.277 e. The molecule has 2 unspecified atom stereocenters. The number of hydrogen-bond acceptors (Lipinski definition) is 4. The van der Waals surface area contributed by atoms with Crippen molar-refractivity contribution < 1.29 is 14.4 Å². The molecule has 0 saturated carbocycles. The predicted octanol–water partition coefficient (Wildman–Crippen LogP) is 3.36. The third-order valence-corrected chi connectivity index (χ3v) is 5.37. The Morgan fingerprint density at radius 1 is 1.07 bits per heavy atom. The third-order valence-electron chi connectivity index (χ3n) is 5.37. The van der Waals surface area contributed by atoms with Gasteiger partial charge in [0.1, 0.15) is 5.70 Å². The van der Waals surface area contributed by atoms with Gasteiger partial charge in [0.25, 0.3) is 11.8 Å². The first-order valence-electron chi connectivity index (χ1n) is 10.4. The molecular formula is C23H31N3O3. The van der Waals surface area contributed by atoms with Gasteiger partial charge in [0, 0.05) is 32.2 Å². The van der Waals surface area contributed by atoms with E-state index in [2.05, 4.69) is 24.1 Å². The van der Waals surface area contributed by atoms with Crippen LogP contribution in [-0.2, 0) is 14.4 Å². The molecule has 2 aliphatic heterocycles. The number of imide groups is 1. The molecule has 3 rings (SSSR count). The van der Waals surface area contributed by atoms with Gasteiger partial charge in [0.2, 0.25) is 5.91 Å². The summed E-state index contributed by atoms with van der Waals surface area (Å²) in [6, 6.07) is 7.15. The lowest BCUT2D eigenvalue weighted by Gasteiger charge is -2.37. The number of piperidine rings is 1. The van der Waals surface area contributed by atoms with Crippen molar-refractivity contribution in [2.75, 3.05) is 25.0 Å². The van der Waals surface area contributed by atoms with E-state index in [0.29, 0.717) is 40.9 Å². The second kappa shape index (κ2) is 8.39. The highest BCUT2D eigenvalue weighted by atomic mass is 16.2. The Morgan fingerprint density at radius 3 is 2.17 bits per heavy atom. The highest BCUT2D eigenvalue weighted by Gasteiger charge is 2.42. The van der Waals surface area contributed by atoms with Gasteiger partial charge in [-0.25, -0.2) is 0 Å². The Bertz CT molecular complexity index is 831. The number of carbonyl (C=O) groups excluding carboxylic acids is 3. The zero-order valence-electron chi connectivity index (χ0n) is 18.0. The number of rotatable bonds is 5. The van der Waals surface area contributed by atoms with Gasteiger partial charge in [-0.3, -0.25) is 19.3 Å². The van der Waals surface area contributed by atoms with Crippen molar-refractivity contribution in [3.63, 3.8) is 0 Å². The molecule has 6 nitrogen and oxygen atoms in total. The van der Waals surface area contributed by atoms with Crippen LogP contribution >= 0.6 is 0 Å². The molecule has 0 radical (unpaired) electrons. The van der Waals surface area contributed by atoms with Crippen LogP contribution < -0.4 is 5.32 Å². The molecule has 6 heteroatoms. The fraction of sp³-hybridized carbons (Fsp3) is 0.522. The highest BCUT2D eigenvalue weighted by Crippen LogP contribution is 2.35. The van der Waals surface area contributed by atoms with Crippen molar-refractivity contribution in [2.45, 2.75) is 41.0 Å². The van der Waals surface area contributed by atoms with Crippen molar-refractivity contribution in [3.8, 4) is 0 Å².